The predicted molar refractivity (Wildman–Crippen MR) is 112 cm³/mol. The van der Waals surface area contributed by atoms with Gasteiger partial charge in [0.2, 0.25) is 5.95 Å². The zero-order valence-electron chi connectivity index (χ0n) is 16.7. The molecule has 1 aliphatic rings. The summed E-state index contributed by atoms with van der Waals surface area (Å²) in [4.78, 5) is 23.1. The van der Waals surface area contributed by atoms with Crippen LogP contribution in [0.4, 0.5) is 20.5 Å². The summed E-state index contributed by atoms with van der Waals surface area (Å²) in [5.74, 6) is -0.900. The molecule has 1 fully saturated rings. The molecule has 2 aromatic rings. The highest BCUT2D eigenvalue weighted by Gasteiger charge is 2.24. The summed E-state index contributed by atoms with van der Waals surface area (Å²) in [5.41, 5.74) is 1.03. The lowest BCUT2D eigenvalue weighted by atomic mass is 9.91. The van der Waals surface area contributed by atoms with E-state index < -0.39 is 11.6 Å². The molecule has 1 aliphatic carbocycles. The molecule has 0 atom stereocenters. The van der Waals surface area contributed by atoms with Crippen molar-refractivity contribution in [1.82, 2.24) is 15.3 Å². The minimum Gasteiger partial charge on any atom is -0.363 e. The maximum Gasteiger partial charge on any atom is 0.251 e. The van der Waals surface area contributed by atoms with E-state index in [1.54, 1.807) is 0 Å². The highest BCUT2D eigenvalue weighted by molar-refractivity contribution is 5.94. The first-order valence-electron chi connectivity index (χ1n) is 9.37. The van der Waals surface area contributed by atoms with E-state index in [1.807, 2.05) is 32.0 Å². The Balaban J connectivity index is 0.00000300. The van der Waals surface area contributed by atoms with Crippen molar-refractivity contribution in [3.63, 3.8) is 0 Å². The van der Waals surface area contributed by atoms with E-state index in [9.17, 15) is 13.6 Å². The largest absolute Gasteiger partial charge is 0.363 e. The number of halogens is 3. The maximum atomic E-state index is 13.3. The fourth-order valence-corrected chi connectivity index (χ4v) is 3.32. The highest BCUT2D eigenvalue weighted by atomic mass is 35.5. The van der Waals surface area contributed by atoms with E-state index in [2.05, 4.69) is 20.6 Å². The van der Waals surface area contributed by atoms with Crippen LogP contribution in [0.2, 0.25) is 0 Å². The van der Waals surface area contributed by atoms with Gasteiger partial charge in [-0.25, -0.2) is 13.8 Å². The number of hydrogen-bond donors (Lipinski definition) is 2. The molecule has 1 amide bonds. The van der Waals surface area contributed by atoms with Gasteiger partial charge in [-0.2, -0.15) is 4.98 Å². The second-order valence-corrected chi connectivity index (χ2v) is 7.38. The van der Waals surface area contributed by atoms with Gasteiger partial charge in [-0.3, -0.25) is 4.79 Å². The van der Waals surface area contributed by atoms with E-state index in [1.165, 1.54) is 6.07 Å². The number of benzene rings is 1. The number of hydrogen-bond acceptors (Lipinski definition) is 5. The average Bonchev–Trinajstić information content (AvgIpc) is 2.65. The molecule has 0 saturated heterocycles. The molecular weight excluding hydrogens is 400 g/mol. The zero-order valence-corrected chi connectivity index (χ0v) is 17.5. The quantitative estimate of drug-likeness (QED) is 0.764. The number of anilines is 2. The molecule has 6 nitrogen and oxygen atoms in total. The minimum atomic E-state index is -1.02. The lowest BCUT2D eigenvalue weighted by Gasteiger charge is -2.30. The van der Waals surface area contributed by atoms with Crippen molar-refractivity contribution in [3.05, 3.63) is 47.2 Å². The second-order valence-electron chi connectivity index (χ2n) is 7.38. The fourth-order valence-electron chi connectivity index (χ4n) is 3.32. The lowest BCUT2D eigenvalue weighted by molar-refractivity contribution is 0.0926. The molecule has 1 heterocycles. The van der Waals surface area contributed by atoms with Crippen molar-refractivity contribution < 1.29 is 13.6 Å². The lowest BCUT2D eigenvalue weighted by Crippen LogP contribution is -2.40. The van der Waals surface area contributed by atoms with Gasteiger partial charge < -0.3 is 15.5 Å². The van der Waals surface area contributed by atoms with Crippen molar-refractivity contribution >= 4 is 30.1 Å². The van der Waals surface area contributed by atoms with Crippen molar-refractivity contribution in [1.29, 1.82) is 0 Å². The third kappa shape index (κ3) is 6.00. The Morgan fingerprint density at radius 2 is 1.69 bits per heavy atom. The van der Waals surface area contributed by atoms with Crippen LogP contribution in [0.5, 0.6) is 0 Å². The van der Waals surface area contributed by atoms with Crippen LogP contribution in [-0.2, 0) is 0 Å². The molecule has 0 radical (unpaired) electrons. The molecule has 1 saturated carbocycles. The monoisotopic (exact) mass is 425 g/mol. The Morgan fingerprint density at radius 1 is 1.03 bits per heavy atom. The topological polar surface area (TPSA) is 70.2 Å². The highest BCUT2D eigenvalue weighted by Crippen LogP contribution is 2.23. The standard InChI is InChI=1S/C20H25F2N5O.ClH/c1-12-10-18(27(2)3)26-20(23-12)25-15-7-5-14(6-8-15)24-19(28)13-4-9-16(21)17(22)11-13;/h4,9-11,14-15H,5-8H2,1-3H3,(H,24,28)(H,23,25,26);1H. The third-order valence-corrected chi connectivity index (χ3v) is 4.88. The van der Waals surface area contributed by atoms with Crippen LogP contribution in [0.3, 0.4) is 0 Å². The summed E-state index contributed by atoms with van der Waals surface area (Å²) in [6, 6.07) is 5.35. The molecule has 0 aliphatic heterocycles. The van der Waals surface area contributed by atoms with Crippen LogP contribution in [-0.4, -0.2) is 42.1 Å². The third-order valence-electron chi connectivity index (χ3n) is 4.88. The molecule has 158 valence electrons. The summed E-state index contributed by atoms with van der Waals surface area (Å²) >= 11 is 0. The summed E-state index contributed by atoms with van der Waals surface area (Å²) in [6.07, 6.45) is 3.30. The van der Waals surface area contributed by atoms with Crippen LogP contribution >= 0.6 is 12.4 Å². The molecule has 2 N–H and O–H groups in total. The molecule has 0 unspecified atom stereocenters. The van der Waals surface area contributed by atoms with Gasteiger partial charge in [0.05, 0.1) is 0 Å². The number of nitrogens with one attached hydrogen (secondary N) is 2. The van der Waals surface area contributed by atoms with Crippen molar-refractivity contribution in [2.24, 2.45) is 0 Å². The smallest absolute Gasteiger partial charge is 0.251 e. The van der Waals surface area contributed by atoms with E-state index in [0.29, 0.717) is 5.95 Å². The van der Waals surface area contributed by atoms with Crippen LogP contribution in [0.15, 0.2) is 24.3 Å². The van der Waals surface area contributed by atoms with Gasteiger partial charge in [-0.1, -0.05) is 0 Å². The van der Waals surface area contributed by atoms with Gasteiger partial charge in [0.1, 0.15) is 5.82 Å². The second kappa shape index (κ2) is 9.82. The van der Waals surface area contributed by atoms with Gasteiger partial charge in [0, 0.05) is 43.5 Å². The molecule has 9 heteroatoms. The van der Waals surface area contributed by atoms with Gasteiger partial charge in [-0.15, -0.1) is 12.4 Å². The summed E-state index contributed by atoms with van der Waals surface area (Å²) in [7, 11) is 3.87. The first-order chi connectivity index (χ1) is 13.3. The van der Waals surface area contributed by atoms with E-state index in [4.69, 9.17) is 0 Å². The van der Waals surface area contributed by atoms with Crippen LogP contribution in [0.1, 0.15) is 41.7 Å². The molecule has 0 bridgehead atoms. The van der Waals surface area contributed by atoms with Crippen LogP contribution < -0.4 is 15.5 Å². The Hall–Kier alpha value is -2.48. The number of rotatable bonds is 5. The molecule has 1 aromatic carbocycles. The number of carbonyl (C=O) groups excluding carboxylic acids is 1. The van der Waals surface area contributed by atoms with E-state index >= 15 is 0 Å². The summed E-state index contributed by atoms with van der Waals surface area (Å²) in [6.45, 7) is 1.94. The molecule has 3 rings (SSSR count). The predicted octanol–water partition coefficient (Wildman–Crippen LogP) is 3.70. The van der Waals surface area contributed by atoms with Crippen molar-refractivity contribution in [3.8, 4) is 0 Å². The average molecular weight is 426 g/mol. The Labute approximate surface area is 175 Å². The Bertz CT molecular complexity index is 857. The normalized spacial score (nSPS) is 18.5. The van der Waals surface area contributed by atoms with Crippen LogP contribution in [0.25, 0.3) is 0 Å². The van der Waals surface area contributed by atoms with Gasteiger partial charge >= 0.3 is 0 Å². The first kappa shape index (κ1) is 22.8. The number of carbonyl (C=O) groups is 1. The van der Waals surface area contributed by atoms with Gasteiger partial charge in [-0.05, 0) is 50.8 Å². The SMILES string of the molecule is Cc1cc(N(C)C)nc(NC2CCC(NC(=O)c3ccc(F)c(F)c3)CC2)n1.Cl. The Kier molecular flexibility index (Phi) is 7.73. The molecule has 29 heavy (non-hydrogen) atoms. The molecule has 0 spiro atoms. The van der Waals surface area contributed by atoms with Crippen LogP contribution in [0, 0.1) is 18.6 Å². The van der Waals surface area contributed by atoms with E-state index in [0.717, 1.165) is 49.3 Å². The van der Waals surface area contributed by atoms with Crippen molar-refractivity contribution in [2.75, 3.05) is 24.3 Å². The number of amides is 1. The summed E-state index contributed by atoms with van der Waals surface area (Å²) in [5, 5.41) is 6.29. The molecular formula is C20H26ClF2N5O. The number of aromatic nitrogens is 2. The maximum absolute atomic E-state index is 13.3. The van der Waals surface area contributed by atoms with E-state index in [-0.39, 0.29) is 36.0 Å². The summed E-state index contributed by atoms with van der Waals surface area (Å²) < 4.78 is 26.3. The Morgan fingerprint density at radius 3 is 2.31 bits per heavy atom. The number of aryl methyl sites for hydroxylation is 1. The van der Waals surface area contributed by atoms with Gasteiger partial charge in [0.25, 0.3) is 5.91 Å². The minimum absolute atomic E-state index is 0. The zero-order chi connectivity index (χ0) is 20.3. The fraction of sp³-hybridized carbons (Fsp3) is 0.450. The molecule has 1 aromatic heterocycles. The number of nitrogens with zero attached hydrogens (tertiary/aromatic N) is 3. The van der Waals surface area contributed by atoms with Crippen molar-refractivity contribution in [2.45, 2.75) is 44.7 Å². The first-order valence-corrected chi connectivity index (χ1v) is 9.37. The van der Waals surface area contributed by atoms with Gasteiger partial charge in [0.15, 0.2) is 11.6 Å².